The Kier molecular flexibility index (Phi) is 4.99. The van der Waals surface area contributed by atoms with E-state index in [1.807, 2.05) is 13.0 Å². The molecule has 0 aliphatic rings. The highest BCUT2D eigenvalue weighted by molar-refractivity contribution is 7.89. The van der Waals surface area contributed by atoms with Gasteiger partial charge in [0.05, 0.1) is 10.8 Å². The molecule has 0 saturated carbocycles. The van der Waals surface area contributed by atoms with E-state index in [2.05, 4.69) is 4.98 Å². The summed E-state index contributed by atoms with van der Waals surface area (Å²) in [5.74, 6) is 0.239. The summed E-state index contributed by atoms with van der Waals surface area (Å²) in [5, 5.41) is 0.580. The number of alkyl halides is 1. The number of hydrogen-bond donors (Lipinski definition) is 1. The molecule has 0 radical (unpaired) electrons. The summed E-state index contributed by atoms with van der Waals surface area (Å²) in [6.07, 6.45) is 1.45. The van der Waals surface area contributed by atoms with Gasteiger partial charge in [0.15, 0.2) is 0 Å². The van der Waals surface area contributed by atoms with Crippen LogP contribution in [-0.4, -0.2) is 24.8 Å². The minimum Gasteiger partial charge on any atom is -0.363 e. The molecule has 1 atom stereocenters. The second kappa shape index (κ2) is 6.40. The summed E-state index contributed by atoms with van der Waals surface area (Å²) in [6.45, 7) is 1.82. The summed E-state index contributed by atoms with van der Waals surface area (Å²) in [5.41, 5.74) is 1.50. The van der Waals surface area contributed by atoms with Crippen LogP contribution in [-0.2, 0) is 15.9 Å². The van der Waals surface area contributed by atoms with Gasteiger partial charge in [0.25, 0.3) is 0 Å². The maximum Gasteiger partial charge on any atom is 0.244 e. The third-order valence-corrected chi connectivity index (χ3v) is 5.84. The van der Waals surface area contributed by atoms with Crippen LogP contribution in [0.15, 0.2) is 41.4 Å². The average Bonchev–Trinajstić information content (AvgIpc) is 2.95. The monoisotopic (exact) mass is 346 g/mol. The van der Waals surface area contributed by atoms with E-state index in [4.69, 9.17) is 23.2 Å². The molecular weight excluding hydrogens is 331 g/mol. The zero-order valence-electron chi connectivity index (χ0n) is 11.7. The number of sulfonamides is 1. The summed E-state index contributed by atoms with van der Waals surface area (Å²) < 4.78 is 26.5. The normalized spacial score (nSPS) is 13.6. The number of halogens is 2. The molecule has 1 aromatic carbocycles. The molecular formula is C14H16Cl2N2O2S. The van der Waals surface area contributed by atoms with Gasteiger partial charge in [-0.3, -0.25) is 0 Å². The Labute approximate surface area is 134 Å². The Morgan fingerprint density at radius 3 is 2.62 bits per heavy atom. The first-order chi connectivity index (χ1) is 9.86. The standard InChI is InChI=1S/C14H16Cl2N2O2S/c1-10(11-4-3-5-12(16)6-11)18(2)21(19,20)14-7-13(8-15)17-9-14/h3-7,9-10,17H,8H2,1-2H3. The van der Waals surface area contributed by atoms with Crippen LogP contribution in [0.2, 0.25) is 5.02 Å². The molecule has 0 aliphatic heterocycles. The molecule has 2 rings (SSSR count). The first-order valence-corrected chi connectivity index (χ1v) is 8.68. The maximum absolute atomic E-state index is 12.6. The topological polar surface area (TPSA) is 53.2 Å². The summed E-state index contributed by atoms with van der Waals surface area (Å²) in [7, 11) is -2.04. The third kappa shape index (κ3) is 3.43. The van der Waals surface area contributed by atoms with Crippen molar-refractivity contribution in [1.82, 2.24) is 9.29 Å². The van der Waals surface area contributed by atoms with Gasteiger partial charge in [-0.2, -0.15) is 4.31 Å². The number of nitrogens with one attached hydrogen (secondary N) is 1. The van der Waals surface area contributed by atoms with Gasteiger partial charge in [-0.1, -0.05) is 23.7 Å². The van der Waals surface area contributed by atoms with Gasteiger partial charge in [0.1, 0.15) is 0 Å². The van der Waals surface area contributed by atoms with Crippen LogP contribution in [0.4, 0.5) is 0 Å². The fourth-order valence-electron chi connectivity index (χ4n) is 2.00. The highest BCUT2D eigenvalue weighted by Gasteiger charge is 2.27. The Morgan fingerprint density at radius 1 is 1.33 bits per heavy atom. The van der Waals surface area contributed by atoms with Crippen molar-refractivity contribution in [3.8, 4) is 0 Å². The van der Waals surface area contributed by atoms with E-state index < -0.39 is 10.0 Å². The first-order valence-electron chi connectivity index (χ1n) is 6.33. The van der Waals surface area contributed by atoms with E-state index in [0.717, 1.165) is 5.56 Å². The molecule has 0 bridgehead atoms. The lowest BCUT2D eigenvalue weighted by Gasteiger charge is -2.24. The van der Waals surface area contributed by atoms with Crippen LogP contribution in [0, 0.1) is 0 Å². The summed E-state index contributed by atoms with van der Waals surface area (Å²) in [6, 6.07) is 8.39. The average molecular weight is 347 g/mol. The minimum atomic E-state index is -3.59. The zero-order valence-corrected chi connectivity index (χ0v) is 14.0. The highest BCUT2D eigenvalue weighted by Crippen LogP contribution is 2.27. The van der Waals surface area contributed by atoms with Crippen LogP contribution < -0.4 is 0 Å². The minimum absolute atomic E-state index is 0.203. The molecule has 4 nitrogen and oxygen atoms in total. The third-order valence-electron chi connectivity index (χ3n) is 3.41. The number of hydrogen-bond acceptors (Lipinski definition) is 2. The maximum atomic E-state index is 12.6. The van der Waals surface area contributed by atoms with Crippen molar-refractivity contribution < 1.29 is 8.42 Å². The fraction of sp³-hybridized carbons (Fsp3) is 0.286. The van der Waals surface area contributed by atoms with Crippen LogP contribution in [0.5, 0.6) is 0 Å². The smallest absolute Gasteiger partial charge is 0.244 e. The number of rotatable bonds is 5. The summed E-state index contributed by atoms with van der Waals surface area (Å²) in [4.78, 5) is 3.05. The van der Waals surface area contributed by atoms with Gasteiger partial charge < -0.3 is 4.98 Å². The van der Waals surface area contributed by atoms with Crippen LogP contribution in [0.3, 0.4) is 0 Å². The van der Waals surface area contributed by atoms with Crippen molar-refractivity contribution >= 4 is 33.2 Å². The van der Waals surface area contributed by atoms with Crippen molar-refractivity contribution in [2.75, 3.05) is 7.05 Å². The van der Waals surface area contributed by atoms with Crippen molar-refractivity contribution in [1.29, 1.82) is 0 Å². The molecule has 2 aromatic rings. The molecule has 0 spiro atoms. The second-order valence-electron chi connectivity index (χ2n) is 4.75. The van der Waals surface area contributed by atoms with E-state index >= 15 is 0 Å². The molecule has 0 saturated heterocycles. The molecule has 114 valence electrons. The van der Waals surface area contributed by atoms with Crippen LogP contribution in [0.1, 0.15) is 24.2 Å². The molecule has 21 heavy (non-hydrogen) atoms. The lowest BCUT2D eigenvalue weighted by molar-refractivity contribution is 0.398. The molecule has 1 heterocycles. The van der Waals surface area contributed by atoms with E-state index in [9.17, 15) is 8.42 Å². The van der Waals surface area contributed by atoms with Crippen molar-refractivity contribution in [3.63, 3.8) is 0 Å². The van der Waals surface area contributed by atoms with Crippen molar-refractivity contribution in [2.24, 2.45) is 0 Å². The Morgan fingerprint density at radius 2 is 2.05 bits per heavy atom. The molecule has 0 aliphatic carbocycles. The number of benzene rings is 1. The zero-order chi connectivity index (χ0) is 15.6. The summed E-state index contributed by atoms with van der Waals surface area (Å²) >= 11 is 11.7. The van der Waals surface area contributed by atoms with E-state index in [-0.39, 0.29) is 16.8 Å². The quantitative estimate of drug-likeness (QED) is 0.837. The largest absolute Gasteiger partial charge is 0.363 e. The molecule has 1 N–H and O–H groups in total. The predicted molar refractivity (Wildman–Crippen MR) is 85.2 cm³/mol. The number of aromatic amines is 1. The Balaban J connectivity index is 2.31. The molecule has 0 fully saturated rings. The van der Waals surface area contributed by atoms with Crippen LogP contribution in [0.25, 0.3) is 0 Å². The second-order valence-corrected chi connectivity index (χ2v) is 7.45. The van der Waals surface area contributed by atoms with Gasteiger partial charge in [-0.15, -0.1) is 11.6 Å². The van der Waals surface area contributed by atoms with Gasteiger partial charge in [0.2, 0.25) is 10.0 Å². The van der Waals surface area contributed by atoms with Gasteiger partial charge in [0, 0.05) is 30.0 Å². The Hall–Kier alpha value is -1.01. The highest BCUT2D eigenvalue weighted by atomic mass is 35.5. The van der Waals surface area contributed by atoms with Crippen molar-refractivity contribution in [3.05, 3.63) is 52.8 Å². The SMILES string of the molecule is CC(c1cccc(Cl)c1)N(C)S(=O)(=O)c1c[nH]c(CCl)c1. The van der Waals surface area contributed by atoms with Crippen molar-refractivity contribution in [2.45, 2.75) is 23.7 Å². The molecule has 0 amide bonds. The fourth-order valence-corrected chi connectivity index (χ4v) is 3.72. The van der Waals surface area contributed by atoms with E-state index in [1.54, 1.807) is 31.3 Å². The molecule has 1 aromatic heterocycles. The Bertz CT molecular complexity index is 728. The molecule has 7 heteroatoms. The van der Waals surface area contributed by atoms with Gasteiger partial charge >= 0.3 is 0 Å². The van der Waals surface area contributed by atoms with E-state index in [1.165, 1.54) is 10.5 Å². The first kappa shape index (κ1) is 16.4. The number of H-pyrrole nitrogens is 1. The van der Waals surface area contributed by atoms with Crippen LogP contribution >= 0.6 is 23.2 Å². The predicted octanol–water partition coefficient (Wildman–Crippen LogP) is 3.79. The molecule has 1 unspecified atom stereocenters. The lowest BCUT2D eigenvalue weighted by atomic mass is 10.1. The van der Waals surface area contributed by atoms with Gasteiger partial charge in [-0.05, 0) is 30.7 Å². The van der Waals surface area contributed by atoms with E-state index in [0.29, 0.717) is 10.7 Å². The lowest BCUT2D eigenvalue weighted by Crippen LogP contribution is -2.29. The number of nitrogens with zero attached hydrogens (tertiary/aromatic N) is 1. The number of aromatic nitrogens is 1. The van der Waals surface area contributed by atoms with Gasteiger partial charge in [-0.25, -0.2) is 8.42 Å².